The highest BCUT2D eigenvalue weighted by molar-refractivity contribution is 5.24. The maximum atomic E-state index is 5.69. The van der Waals surface area contributed by atoms with Gasteiger partial charge >= 0.3 is 11.7 Å². The zero-order valence-electron chi connectivity index (χ0n) is 31.0. The van der Waals surface area contributed by atoms with Crippen LogP contribution in [0, 0.1) is 20.8 Å². The summed E-state index contributed by atoms with van der Waals surface area (Å²) in [5.41, 5.74) is 3.50. The van der Waals surface area contributed by atoms with E-state index in [0.717, 1.165) is 34.8 Å². The van der Waals surface area contributed by atoms with Crippen LogP contribution in [0.15, 0.2) is 8.94 Å². The lowest BCUT2D eigenvalue weighted by Crippen LogP contribution is -2.54. The first-order valence-corrected chi connectivity index (χ1v) is 15.2. The van der Waals surface area contributed by atoms with Crippen molar-refractivity contribution in [1.82, 2.24) is 25.0 Å². The van der Waals surface area contributed by atoms with Crippen LogP contribution in [0.2, 0.25) is 0 Å². The van der Waals surface area contributed by atoms with Crippen LogP contribution in [0.3, 0.4) is 0 Å². The maximum absolute atomic E-state index is 5.69. The molecule has 3 aromatic heterocycles. The molecule has 0 aliphatic heterocycles. The van der Waals surface area contributed by atoms with Crippen molar-refractivity contribution in [3.05, 3.63) is 40.4 Å². The molecule has 0 amide bonds. The third kappa shape index (κ3) is 10.0. The summed E-state index contributed by atoms with van der Waals surface area (Å²) in [6, 6.07) is 0. The minimum absolute atomic E-state index is 0.00384. The molecule has 0 fully saturated rings. The van der Waals surface area contributed by atoms with Crippen molar-refractivity contribution >= 4 is 0 Å². The summed E-state index contributed by atoms with van der Waals surface area (Å²) in [6.45, 7) is 44.6. The molecular formula is C34H63N6O2+. The van der Waals surface area contributed by atoms with Crippen molar-refractivity contribution in [3.63, 3.8) is 0 Å². The van der Waals surface area contributed by atoms with Gasteiger partial charge in [0.15, 0.2) is 5.89 Å². The highest BCUT2D eigenvalue weighted by atomic mass is 16.5. The molecule has 240 valence electrons. The zero-order valence-corrected chi connectivity index (χ0v) is 31.0. The van der Waals surface area contributed by atoms with E-state index in [9.17, 15) is 0 Å². The van der Waals surface area contributed by atoms with Gasteiger partial charge in [-0.05, 0) is 74.2 Å². The lowest BCUT2D eigenvalue weighted by Gasteiger charge is -2.27. The van der Waals surface area contributed by atoms with Crippen LogP contribution in [0.25, 0.3) is 0 Å². The number of hydrogen-bond acceptors (Lipinski definition) is 6. The molecule has 0 aliphatic rings. The van der Waals surface area contributed by atoms with E-state index >= 15 is 0 Å². The standard InChI is InChI=1S/C12H21NO.C11H21N3.C11H21N2O/c1-8-13-9(11(2,3)4)10(14-8)12(5,6)7;1-8-9(10(2,3)4)14(13-12-8)11(5,6)7;1-8-12-9(10(2,3)4)13(14-8)11(5,6)7/h3*1-7H3/q;;+1. The Balaban J connectivity index is 0.000000315. The number of aryl methyl sites for hydroxylation is 3. The van der Waals surface area contributed by atoms with Crippen LogP contribution < -0.4 is 4.74 Å². The van der Waals surface area contributed by atoms with E-state index in [1.165, 1.54) is 5.69 Å². The van der Waals surface area contributed by atoms with Gasteiger partial charge in [0, 0.05) is 30.1 Å². The summed E-state index contributed by atoms with van der Waals surface area (Å²) >= 11 is 0. The maximum Gasteiger partial charge on any atom is 0.350 e. The fourth-order valence-corrected chi connectivity index (χ4v) is 4.45. The molecule has 8 heteroatoms. The fourth-order valence-electron chi connectivity index (χ4n) is 4.45. The molecule has 0 aromatic carbocycles. The van der Waals surface area contributed by atoms with Gasteiger partial charge in [-0.2, -0.15) is 0 Å². The van der Waals surface area contributed by atoms with E-state index < -0.39 is 0 Å². The number of oxazole rings is 1. The molecule has 0 N–H and O–H groups in total. The van der Waals surface area contributed by atoms with Crippen molar-refractivity contribution in [2.45, 2.75) is 178 Å². The van der Waals surface area contributed by atoms with E-state index in [1.54, 1.807) is 0 Å². The first-order valence-electron chi connectivity index (χ1n) is 15.2. The molecule has 0 atom stereocenters. The van der Waals surface area contributed by atoms with E-state index in [4.69, 9.17) is 8.94 Å². The van der Waals surface area contributed by atoms with Crippen molar-refractivity contribution in [1.29, 1.82) is 0 Å². The zero-order chi connectivity index (χ0) is 33.4. The topological polar surface area (TPSA) is 86.7 Å². The van der Waals surface area contributed by atoms with Crippen molar-refractivity contribution in [3.8, 4) is 0 Å². The third-order valence-corrected chi connectivity index (χ3v) is 6.27. The highest BCUT2D eigenvalue weighted by Gasteiger charge is 2.38. The van der Waals surface area contributed by atoms with Crippen LogP contribution >= 0.6 is 0 Å². The molecular weight excluding hydrogens is 524 g/mol. The molecule has 3 heterocycles. The van der Waals surface area contributed by atoms with Gasteiger partial charge < -0.3 is 4.42 Å². The van der Waals surface area contributed by atoms with Gasteiger partial charge in [0.1, 0.15) is 11.3 Å². The van der Waals surface area contributed by atoms with E-state index in [-0.39, 0.29) is 32.7 Å². The summed E-state index contributed by atoms with van der Waals surface area (Å²) in [7, 11) is 0. The molecule has 0 spiro atoms. The summed E-state index contributed by atoms with van der Waals surface area (Å²) in [5.74, 6) is 3.51. The largest absolute Gasteiger partial charge is 0.445 e. The predicted octanol–water partition coefficient (Wildman–Crippen LogP) is 8.54. The molecule has 3 aromatic rings. The second-order valence-electron chi connectivity index (χ2n) is 17.5. The van der Waals surface area contributed by atoms with E-state index in [0.29, 0.717) is 0 Å². The Morgan fingerprint density at radius 1 is 0.595 bits per heavy atom. The molecule has 0 saturated carbocycles. The van der Waals surface area contributed by atoms with Crippen LogP contribution in [0.4, 0.5) is 0 Å². The minimum atomic E-state index is -0.0517. The second-order valence-corrected chi connectivity index (χ2v) is 17.5. The number of nitrogens with zero attached hydrogens (tertiary/aromatic N) is 6. The number of rotatable bonds is 0. The third-order valence-electron chi connectivity index (χ3n) is 6.27. The molecule has 0 unspecified atom stereocenters. The van der Waals surface area contributed by atoms with Gasteiger partial charge in [0.2, 0.25) is 0 Å². The van der Waals surface area contributed by atoms with Gasteiger partial charge in [0.25, 0.3) is 0 Å². The average Bonchev–Trinajstić information content (AvgIpc) is 3.42. The van der Waals surface area contributed by atoms with E-state index in [2.05, 4.69) is 145 Å². The SMILES string of the molecule is Cc1nc(C(C)(C)C)[n+](C(C)(C)C)o1.Cc1nc(C(C)(C)C)c(C(C)(C)C)o1.Cc1nnn(C(C)(C)C)c1C(C)(C)C. The summed E-state index contributed by atoms with van der Waals surface area (Å²) < 4.78 is 15.2. The molecule has 8 nitrogen and oxygen atoms in total. The number of aromatic nitrogens is 6. The Morgan fingerprint density at radius 3 is 1.38 bits per heavy atom. The van der Waals surface area contributed by atoms with Gasteiger partial charge in [0.05, 0.1) is 28.0 Å². The first kappa shape index (κ1) is 37.5. The van der Waals surface area contributed by atoms with Crippen molar-refractivity contribution in [2.75, 3.05) is 0 Å². The Labute approximate surface area is 257 Å². The lowest BCUT2D eigenvalue weighted by atomic mass is 9.83. The normalized spacial score (nSPS) is 13.4. The Hall–Kier alpha value is -2.51. The Bertz CT molecular complexity index is 1150. The summed E-state index contributed by atoms with van der Waals surface area (Å²) in [4.78, 5) is 8.93. The van der Waals surface area contributed by atoms with Crippen LogP contribution in [0.5, 0.6) is 0 Å². The van der Waals surface area contributed by atoms with Gasteiger partial charge in [-0.15, -0.1) is 5.10 Å². The first-order chi connectivity index (χ1) is 18.4. The van der Waals surface area contributed by atoms with Gasteiger partial charge in [-0.25, -0.2) is 9.67 Å². The van der Waals surface area contributed by atoms with Crippen molar-refractivity contribution in [2.24, 2.45) is 0 Å². The Morgan fingerprint density at radius 2 is 1.10 bits per heavy atom. The Kier molecular flexibility index (Phi) is 10.9. The summed E-state index contributed by atoms with van der Waals surface area (Å²) in [6.07, 6.45) is 0. The molecule has 0 aliphatic carbocycles. The van der Waals surface area contributed by atoms with Gasteiger partial charge in [-0.1, -0.05) is 72.3 Å². The molecule has 42 heavy (non-hydrogen) atoms. The van der Waals surface area contributed by atoms with Crippen LogP contribution in [0.1, 0.15) is 165 Å². The average molecular weight is 588 g/mol. The number of hydrogen-bond donors (Lipinski definition) is 0. The summed E-state index contributed by atoms with van der Waals surface area (Å²) in [5, 5.41) is 8.38. The molecule has 0 radical (unpaired) electrons. The van der Waals surface area contributed by atoms with Crippen LogP contribution in [-0.2, 0) is 32.7 Å². The van der Waals surface area contributed by atoms with Gasteiger partial charge in [-0.3, -0.25) is 4.52 Å². The van der Waals surface area contributed by atoms with Crippen LogP contribution in [-0.4, -0.2) is 25.0 Å². The fraction of sp³-hybridized carbons (Fsp3) is 0.794. The smallest absolute Gasteiger partial charge is 0.350 e. The highest BCUT2D eigenvalue weighted by Crippen LogP contribution is 2.34. The molecule has 0 bridgehead atoms. The van der Waals surface area contributed by atoms with Crippen molar-refractivity contribution < 1.29 is 13.7 Å². The quantitative estimate of drug-likeness (QED) is 0.245. The lowest BCUT2D eigenvalue weighted by molar-refractivity contribution is -0.914. The predicted molar refractivity (Wildman–Crippen MR) is 172 cm³/mol. The molecule has 3 rings (SSSR count). The minimum Gasteiger partial charge on any atom is -0.445 e. The second kappa shape index (κ2) is 12.2. The van der Waals surface area contributed by atoms with E-state index in [1.807, 2.05) is 30.2 Å². The molecule has 0 saturated heterocycles. The monoisotopic (exact) mass is 588 g/mol.